The van der Waals surface area contributed by atoms with Gasteiger partial charge in [0.1, 0.15) is 0 Å². The van der Waals surface area contributed by atoms with Gasteiger partial charge in [-0.05, 0) is 38.5 Å². The molecule has 0 aliphatic carbocycles. The molecule has 0 saturated heterocycles. The summed E-state index contributed by atoms with van der Waals surface area (Å²) in [5.74, 6) is 0. The molecule has 0 aromatic carbocycles. The van der Waals surface area contributed by atoms with Crippen LogP contribution in [0.4, 0.5) is 0 Å². The fourth-order valence-corrected chi connectivity index (χ4v) is 3.50. The summed E-state index contributed by atoms with van der Waals surface area (Å²) in [7, 11) is 0. The van der Waals surface area contributed by atoms with Gasteiger partial charge in [-0.15, -0.1) is 0 Å². The van der Waals surface area contributed by atoms with Gasteiger partial charge < -0.3 is 16.9 Å². The first-order valence-electron chi connectivity index (χ1n) is 9.65. The molecule has 0 aromatic rings. The van der Waals surface area contributed by atoms with Crippen LogP contribution < -0.4 is 12.4 Å². The van der Waals surface area contributed by atoms with Gasteiger partial charge in [-0.2, -0.15) is 0 Å². The van der Waals surface area contributed by atoms with Crippen molar-refractivity contribution in [3.8, 4) is 0 Å². The molecular weight excluding hydrogens is 313 g/mol. The predicted molar refractivity (Wildman–Crippen MR) is 98.0 cm³/mol. The van der Waals surface area contributed by atoms with E-state index in [1.54, 1.807) is 0 Å². The minimum Gasteiger partial charge on any atom is -1.00 e. The molecule has 0 spiro atoms. The maximum Gasteiger partial charge on any atom is 0.154 e. The molecule has 3 heteroatoms. The molecule has 0 saturated carbocycles. The number of nitrogens with zero attached hydrogens (tertiary/aromatic N) is 1. The fraction of sp³-hybridized carbons (Fsp3) is 1.00. The second-order valence-corrected chi connectivity index (χ2v) is 7.05. The smallest absolute Gasteiger partial charge is 0.154 e. The van der Waals surface area contributed by atoms with Crippen LogP contribution in [0.2, 0.25) is 0 Å². The van der Waals surface area contributed by atoms with Crippen LogP contribution in [0.25, 0.3) is 0 Å². The maximum absolute atomic E-state index is 6.43. The van der Waals surface area contributed by atoms with Crippen LogP contribution in [0.1, 0.15) is 97.8 Å². The highest BCUT2D eigenvalue weighted by atomic mass is 35.5. The average molecular weight is 354 g/mol. The van der Waals surface area contributed by atoms with Crippen LogP contribution in [-0.2, 0) is 0 Å². The Morgan fingerprint density at radius 1 is 0.545 bits per heavy atom. The lowest BCUT2D eigenvalue weighted by atomic mass is 10.1. The first-order chi connectivity index (χ1) is 10.2. The molecule has 0 aliphatic heterocycles. The molecule has 0 radical (unpaired) electrons. The van der Waals surface area contributed by atoms with Gasteiger partial charge in [-0.1, -0.05) is 70.9 Å². The first kappa shape index (κ1) is 24.8. The summed E-state index contributed by atoms with van der Waals surface area (Å²) in [4.78, 5) is 0. The average Bonchev–Trinajstić information content (AvgIpc) is 2.51. The van der Waals surface area contributed by atoms with Gasteiger partial charge in [-0.3, -0.25) is 0 Å². The zero-order chi connectivity index (χ0) is 15.8. The van der Waals surface area contributed by atoms with Crippen molar-refractivity contribution < 1.29 is 16.9 Å². The molecule has 0 heterocycles. The number of quaternary nitrogens is 1. The van der Waals surface area contributed by atoms with Gasteiger partial charge in [-0.25, -0.2) is 0 Å². The summed E-state index contributed by atoms with van der Waals surface area (Å²) < 4.78 is 1.18. The first-order valence-corrected chi connectivity index (χ1v) is 10.2. The summed E-state index contributed by atoms with van der Waals surface area (Å²) in [6, 6.07) is 0.824. The van der Waals surface area contributed by atoms with E-state index in [9.17, 15) is 0 Å². The van der Waals surface area contributed by atoms with Crippen LogP contribution in [0, 0.1) is 0 Å². The van der Waals surface area contributed by atoms with Crippen LogP contribution in [-0.4, -0.2) is 30.1 Å². The van der Waals surface area contributed by atoms with Crippen molar-refractivity contribution in [1.82, 2.24) is 0 Å². The van der Waals surface area contributed by atoms with E-state index in [0.29, 0.717) is 0 Å². The van der Waals surface area contributed by atoms with Crippen molar-refractivity contribution in [1.29, 1.82) is 0 Å². The normalized spacial score (nSPS) is 11.5. The Morgan fingerprint density at radius 2 is 0.864 bits per heavy atom. The van der Waals surface area contributed by atoms with Crippen molar-refractivity contribution in [3.63, 3.8) is 0 Å². The lowest BCUT2D eigenvalue weighted by Crippen LogP contribution is -3.00. The van der Waals surface area contributed by atoms with Gasteiger partial charge in [0, 0.05) is 0 Å². The van der Waals surface area contributed by atoms with Crippen molar-refractivity contribution in [3.05, 3.63) is 0 Å². The number of rotatable bonds is 16. The lowest BCUT2D eigenvalue weighted by molar-refractivity contribution is -0.918. The maximum atomic E-state index is 6.43. The minimum absolute atomic E-state index is 0. The highest BCUT2D eigenvalue weighted by Crippen LogP contribution is 2.18. The molecule has 0 N–H and O–H groups in total. The third-order valence-corrected chi connectivity index (χ3v) is 5.22. The largest absolute Gasteiger partial charge is 1.00 e. The van der Waals surface area contributed by atoms with E-state index >= 15 is 0 Å². The zero-order valence-electron chi connectivity index (χ0n) is 15.5. The van der Waals surface area contributed by atoms with E-state index in [4.69, 9.17) is 11.6 Å². The van der Waals surface area contributed by atoms with Gasteiger partial charge in [0.05, 0.1) is 19.6 Å². The molecule has 136 valence electrons. The molecular formula is C19H41Cl2N. The van der Waals surface area contributed by atoms with Crippen LogP contribution in [0.5, 0.6) is 0 Å². The van der Waals surface area contributed by atoms with Gasteiger partial charge in [0.2, 0.25) is 0 Å². The van der Waals surface area contributed by atoms with E-state index in [0.717, 1.165) is 6.00 Å². The Balaban J connectivity index is 0. The number of hydrogen-bond donors (Lipinski definition) is 0. The Hall–Kier alpha value is 0.540. The standard InChI is InChI=1S/C19H41ClN.ClH/c1-4-7-10-13-16-21(19-20,17-14-11-8-5-2)18-15-12-9-6-3;/h4-19H2,1-3H3;1H/q+1;/p-1. The van der Waals surface area contributed by atoms with E-state index < -0.39 is 0 Å². The van der Waals surface area contributed by atoms with E-state index in [-0.39, 0.29) is 12.4 Å². The molecule has 0 atom stereocenters. The third kappa shape index (κ3) is 13.0. The lowest BCUT2D eigenvalue weighted by Gasteiger charge is -2.37. The molecule has 0 rings (SSSR count). The van der Waals surface area contributed by atoms with Crippen LogP contribution in [0.3, 0.4) is 0 Å². The minimum atomic E-state index is 0. The molecule has 22 heavy (non-hydrogen) atoms. The summed E-state index contributed by atoms with van der Waals surface area (Å²) in [5.41, 5.74) is 0. The van der Waals surface area contributed by atoms with Crippen LogP contribution in [0.15, 0.2) is 0 Å². The molecule has 0 unspecified atom stereocenters. The second kappa shape index (κ2) is 17.9. The summed E-state index contributed by atoms with van der Waals surface area (Å²) in [6.07, 6.45) is 16.4. The Morgan fingerprint density at radius 3 is 1.09 bits per heavy atom. The van der Waals surface area contributed by atoms with Gasteiger partial charge in [0.15, 0.2) is 6.00 Å². The molecule has 0 aromatic heterocycles. The zero-order valence-corrected chi connectivity index (χ0v) is 17.0. The Labute approximate surface area is 152 Å². The molecule has 1 nitrogen and oxygen atoms in total. The molecule has 0 bridgehead atoms. The molecule has 0 amide bonds. The number of unbranched alkanes of at least 4 members (excludes halogenated alkanes) is 9. The molecule has 0 fully saturated rings. The van der Waals surface area contributed by atoms with Gasteiger partial charge in [0.25, 0.3) is 0 Å². The van der Waals surface area contributed by atoms with E-state index in [2.05, 4.69) is 20.8 Å². The third-order valence-electron chi connectivity index (χ3n) is 4.71. The van der Waals surface area contributed by atoms with Gasteiger partial charge >= 0.3 is 0 Å². The van der Waals surface area contributed by atoms with Crippen molar-refractivity contribution in [2.75, 3.05) is 25.6 Å². The number of alkyl halides is 1. The van der Waals surface area contributed by atoms with Crippen LogP contribution >= 0.6 is 11.6 Å². The highest BCUT2D eigenvalue weighted by molar-refractivity contribution is 6.16. The Bertz CT molecular complexity index is 178. The van der Waals surface area contributed by atoms with Crippen molar-refractivity contribution >= 4 is 11.6 Å². The molecule has 0 aliphatic rings. The predicted octanol–water partition coefficient (Wildman–Crippen LogP) is 3.74. The summed E-state index contributed by atoms with van der Waals surface area (Å²) >= 11 is 6.43. The van der Waals surface area contributed by atoms with E-state index in [1.807, 2.05) is 0 Å². The monoisotopic (exact) mass is 353 g/mol. The van der Waals surface area contributed by atoms with Crippen molar-refractivity contribution in [2.24, 2.45) is 0 Å². The quantitative estimate of drug-likeness (QED) is 0.171. The SMILES string of the molecule is CCCCCC[N+](CCl)(CCCCCC)CCCCCC.[Cl-]. The second-order valence-electron chi connectivity index (χ2n) is 6.81. The summed E-state index contributed by atoms with van der Waals surface area (Å²) in [6.45, 7) is 10.8. The number of hydrogen-bond acceptors (Lipinski definition) is 0. The number of halogens is 2. The summed E-state index contributed by atoms with van der Waals surface area (Å²) in [5, 5.41) is 0. The van der Waals surface area contributed by atoms with E-state index in [1.165, 1.54) is 101 Å². The van der Waals surface area contributed by atoms with Crippen molar-refractivity contribution in [2.45, 2.75) is 97.8 Å². The topological polar surface area (TPSA) is 0 Å². The Kier molecular flexibility index (Phi) is 20.2. The fourth-order valence-electron chi connectivity index (χ4n) is 3.14. The highest BCUT2D eigenvalue weighted by Gasteiger charge is 2.24.